The number of aliphatic hydroxyl groups excluding tert-OH is 1. The highest BCUT2D eigenvalue weighted by molar-refractivity contribution is 6.35. The highest BCUT2D eigenvalue weighted by Crippen LogP contribution is 2.37. The molecule has 1 aromatic carbocycles. The van der Waals surface area contributed by atoms with Gasteiger partial charge in [-0.2, -0.15) is 0 Å². The second-order valence-electron chi connectivity index (χ2n) is 8.14. The molecule has 2 fully saturated rings. The SMILES string of the molecule is O=C1C(c2ccc(F)cc2)=C(N2CCCC(CO)C2)C(=O)N1C1CCCCC1. The van der Waals surface area contributed by atoms with E-state index in [1.165, 1.54) is 17.0 Å². The predicted octanol–water partition coefficient (Wildman–Crippen LogP) is 2.94. The zero-order valence-electron chi connectivity index (χ0n) is 16.1. The number of benzene rings is 1. The van der Waals surface area contributed by atoms with Crippen molar-refractivity contribution >= 4 is 17.4 Å². The third-order valence-corrected chi connectivity index (χ3v) is 6.26. The number of imide groups is 1. The van der Waals surface area contributed by atoms with E-state index in [9.17, 15) is 19.1 Å². The number of hydrogen-bond acceptors (Lipinski definition) is 4. The fraction of sp³-hybridized carbons (Fsp3) is 0.545. The van der Waals surface area contributed by atoms with E-state index < -0.39 is 0 Å². The average Bonchev–Trinajstić information content (AvgIpc) is 2.99. The summed E-state index contributed by atoms with van der Waals surface area (Å²) in [5.74, 6) is -0.757. The van der Waals surface area contributed by atoms with E-state index in [4.69, 9.17) is 0 Å². The third-order valence-electron chi connectivity index (χ3n) is 6.26. The Morgan fingerprint density at radius 1 is 0.964 bits per heavy atom. The fourth-order valence-electron chi connectivity index (χ4n) is 4.79. The highest BCUT2D eigenvalue weighted by Gasteiger charge is 2.45. The molecule has 1 aromatic rings. The number of hydrogen-bond donors (Lipinski definition) is 1. The molecule has 0 radical (unpaired) electrons. The van der Waals surface area contributed by atoms with Crippen molar-refractivity contribution in [3.05, 3.63) is 41.3 Å². The van der Waals surface area contributed by atoms with Crippen LogP contribution in [0.5, 0.6) is 0 Å². The van der Waals surface area contributed by atoms with Crippen LogP contribution in [0, 0.1) is 11.7 Å². The maximum atomic E-state index is 13.4. The zero-order valence-corrected chi connectivity index (χ0v) is 16.1. The number of carbonyl (C=O) groups excluding carboxylic acids is 2. The lowest BCUT2D eigenvalue weighted by molar-refractivity contribution is -0.141. The molecule has 1 N–H and O–H groups in total. The van der Waals surface area contributed by atoms with Gasteiger partial charge in [0.15, 0.2) is 0 Å². The minimum Gasteiger partial charge on any atom is -0.396 e. The van der Waals surface area contributed by atoms with E-state index in [-0.39, 0.29) is 36.2 Å². The normalized spacial score (nSPS) is 24.4. The molecule has 150 valence electrons. The van der Waals surface area contributed by atoms with Gasteiger partial charge < -0.3 is 10.0 Å². The Bertz CT molecular complexity index is 783. The van der Waals surface area contributed by atoms with Crippen LogP contribution < -0.4 is 0 Å². The van der Waals surface area contributed by atoms with Crippen molar-refractivity contribution in [2.45, 2.75) is 51.0 Å². The van der Waals surface area contributed by atoms with Crippen molar-refractivity contribution in [1.82, 2.24) is 9.80 Å². The lowest BCUT2D eigenvalue weighted by Gasteiger charge is -2.35. The molecule has 1 atom stereocenters. The Balaban J connectivity index is 1.74. The van der Waals surface area contributed by atoms with Crippen LogP contribution in [-0.4, -0.2) is 52.5 Å². The molecule has 1 saturated heterocycles. The number of halogens is 1. The summed E-state index contributed by atoms with van der Waals surface area (Å²) in [6, 6.07) is 5.75. The number of piperidine rings is 1. The first-order valence-electron chi connectivity index (χ1n) is 10.3. The molecule has 0 spiro atoms. The van der Waals surface area contributed by atoms with E-state index >= 15 is 0 Å². The summed E-state index contributed by atoms with van der Waals surface area (Å²) >= 11 is 0. The van der Waals surface area contributed by atoms with Gasteiger partial charge in [0.1, 0.15) is 11.5 Å². The first kappa shape index (κ1) is 19.1. The van der Waals surface area contributed by atoms with Crippen LogP contribution in [0.25, 0.3) is 5.57 Å². The van der Waals surface area contributed by atoms with Crippen LogP contribution in [0.3, 0.4) is 0 Å². The van der Waals surface area contributed by atoms with Gasteiger partial charge >= 0.3 is 0 Å². The molecule has 2 heterocycles. The minimum absolute atomic E-state index is 0.0554. The van der Waals surface area contributed by atoms with Crippen LogP contribution in [-0.2, 0) is 9.59 Å². The van der Waals surface area contributed by atoms with E-state index in [1.54, 1.807) is 12.1 Å². The standard InChI is InChI=1S/C22H27FN2O3/c23-17-10-8-16(9-11-17)19-20(24-12-4-5-15(13-24)14-26)22(28)25(21(19)27)18-6-2-1-3-7-18/h8-11,15,18,26H,1-7,12-14H2. The van der Waals surface area contributed by atoms with Crippen molar-refractivity contribution in [2.75, 3.05) is 19.7 Å². The van der Waals surface area contributed by atoms with E-state index in [0.29, 0.717) is 29.9 Å². The number of amides is 2. The van der Waals surface area contributed by atoms with Gasteiger partial charge in [0, 0.05) is 25.7 Å². The average molecular weight is 386 g/mol. The monoisotopic (exact) mass is 386 g/mol. The lowest BCUT2D eigenvalue weighted by atomic mass is 9.94. The Kier molecular flexibility index (Phi) is 5.49. The summed E-state index contributed by atoms with van der Waals surface area (Å²) in [6.45, 7) is 1.33. The predicted molar refractivity (Wildman–Crippen MR) is 103 cm³/mol. The Morgan fingerprint density at radius 2 is 1.68 bits per heavy atom. The molecule has 28 heavy (non-hydrogen) atoms. The Labute approximate surface area is 164 Å². The third kappa shape index (κ3) is 3.46. The maximum Gasteiger partial charge on any atom is 0.278 e. The number of likely N-dealkylation sites (tertiary alicyclic amines) is 1. The molecular weight excluding hydrogens is 359 g/mol. The van der Waals surface area contributed by atoms with Gasteiger partial charge in [-0.15, -0.1) is 0 Å². The molecule has 1 unspecified atom stereocenters. The summed E-state index contributed by atoms with van der Waals surface area (Å²) in [4.78, 5) is 30.2. The molecule has 2 amide bonds. The topological polar surface area (TPSA) is 60.9 Å². The molecule has 0 aromatic heterocycles. The molecular formula is C22H27FN2O3. The second-order valence-corrected chi connectivity index (χ2v) is 8.14. The van der Waals surface area contributed by atoms with Gasteiger partial charge in [-0.05, 0) is 49.3 Å². The Morgan fingerprint density at radius 3 is 2.36 bits per heavy atom. The van der Waals surface area contributed by atoms with Gasteiger partial charge in [0.25, 0.3) is 11.8 Å². The molecule has 0 bridgehead atoms. The van der Waals surface area contributed by atoms with Gasteiger partial charge in [0.2, 0.25) is 0 Å². The van der Waals surface area contributed by atoms with Crippen LogP contribution in [0.15, 0.2) is 30.0 Å². The van der Waals surface area contributed by atoms with E-state index in [1.807, 2.05) is 4.90 Å². The van der Waals surface area contributed by atoms with Gasteiger partial charge in [0.05, 0.1) is 5.57 Å². The molecule has 5 nitrogen and oxygen atoms in total. The maximum absolute atomic E-state index is 13.4. The van der Waals surface area contributed by atoms with Crippen molar-refractivity contribution < 1.29 is 19.1 Å². The largest absolute Gasteiger partial charge is 0.396 e. The van der Waals surface area contributed by atoms with Crippen molar-refractivity contribution in [1.29, 1.82) is 0 Å². The number of aliphatic hydroxyl groups is 1. The molecule has 1 saturated carbocycles. The summed E-state index contributed by atoms with van der Waals surface area (Å²) in [5.41, 5.74) is 1.40. The van der Waals surface area contributed by atoms with Crippen LogP contribution in [0.4, 0.5) is 4.39 Å². The summed E-state index contributed by atoms with van der Waals surface area (Å²) < 4.78 is 13.4. The second kappa shape index (κ2) is 8.03. The first-order valence-corrected chi connectivity index (χ1v) is 10.3. The molecule has 1 aliphatic carbocycles. The molecule has 3 aliphatic rings. The molecule has 6 heteroatoms. The summed E-state index contributed by atoms with van der Waals surface area (Å²) in [6.07, 6.45) is 6.68. The van der Waals surface area contributed by atoms with Crippen molar-refractivity contribution in [3.63, 3.8) is 0 Å². The van der Waals surface area contributed by atoms with Gasteiger partial charge in [-0.3, -0.25) is 14.5 Å². The summed E-state index contributed by atoms with van der Waals surface area (Å²) in [7, 11) is 0. The Hall–Kier alpha value is -2.21. The quantitative estimate of drug-likeness (QED) is 0.809. The fourth-order valence-corrected chi connectivity index (χ4v) is 4.79. The van der Waals surface area contributed by atoms with E-state index in [0.717, 1.165) is 44.9 Å². The van der Waals surface area contributed by atoms with E-state index in [2.05, 4.69) is 0 Å². The van der Waals surface area contributed by atoms with Gasteiger partial charge in [-0.25, -0.2) is 4.39 Å². The lowest BCUT2D eigenvalue weighted by Crippen LogP contribution is -2.45. The minimum atomic E-state index is -0.370. The highest BCUT2D eigenvalue weighted by atomic mass is 19.1. The number of rotatable bonds is 4. The molecule has 4 rings (SSSR count). The summed E-state index contributed by atoms with van der Waals surface area (Å²) in [5, 5.41) is 9.59. The van der Waals surface area contributed by atoms with Crippen molar-refractivity contribution in [3.8, 4) is 0 Å². The van der Waals surface area contributed by atoms with Crippen molar-refractivity contribution in [2.24, 2.45) is 5.92 Å². The first-order chi connectivity index (χ1) is 13.6. The number of nitrogens with zero attached hydrogens (tertiary/aromatic N) is 2. The smallest absolute Gasteiger partial charge is 0.278 e. The zero-order chi connectivity index (χ0) is 19.7. The van der Waals surface area contributed by atoms with Crippen LogP contribution in [0.1, 0.15) is 50.5 Å². The van der Waals surface area contributed by atoms with Gasteiger partial charge in [-0.1, -0.05) is 31.4 Å². The molecule has 2 aliphatic heterocycles. The van der Waals surface area contributed by atoms with Crippen LogP contribution in [0.2, 0.25) is 0 Å². The number of carbonyl (C=O) groups is 2. The van der Waals surface area contributed by atoms with Crippen LogP contribution >= 0.6 is 0 Å².